The van der Waals surface area contributed by atoms with E-state index in [2.05, 4.69) is 32.0 Å². The van der Waals surface area contributed by atoms with Gasteiger partial charge in [-0.25, -0.2) is 0 Å². The van der Waals surface area contributed by atoms with E-state index >= 15 is 0 Å². The van der Waals surface area contributed by atoms with Gasteiger partial charge in [0.1, 0.15) is 5.75 Å². The van der Waals surface area contributed by atoms with Gasteiger partial charge in [0.15, 0.2) is 0 Å². The topological polar surface area (TPSA) is 35.2 Å². The second kappa shape index (κ2) is 6.23. The van der Waals surface area contributed by atoms with Crippen LogP contribution in [-0.4, -0.2) is 6.10 Å². The Hall–Kier alpha value is -1.61. The molecule has 0 aliphatic rings. The Morgan fingerprint density at radius 3 is 2.35 bits per heavy atom. The lowest BCUT2D eigenvalue weighted by atomic mass is 10.1. The SMILES string of the molecule is Cc1ccc(Sc2cc(N)cc(OC(C)C)c2)cc1C. The van der Waals surface area contributed by atoms with Gasteiger partial charge in [-0.1, -0.05) is 17.8 Å². The number of hydrogen-bond acceptors (Lipinski definition) is 3. The van der Waals surface area contributed by atoms with Gasteiger partial charge < -0.3 is 10.5 Å². The monoisotopic (exact) mass is 287 g/mol. The van der Waals surface area contributed by atoms with Gasteiger partial charge >= 0.3 is 0 Å². The van der Waals surface area contributed by atoms with E-state index in [9.17, 15) is 0 Å². The van der Waals surface area contributed by atoms with E-state index < -0.39 is 0 Å². The highest BCUT2D eigenvalue weighted by Gasteiger charge is 2.05. The Morgan fingerprint density at radius 2 is 1.70 bits per heavy atom. The van der Waals surface area contributed by atoms with Crippen molar-refractivity contribution in [2.75, 3.05) is 5.73 Å². The van der Waals surface area contributed by atoms with Gasteiger partial charge in [0.25, 0.3) is 0 Å². The summed E-state index contributed by atoms with van der Waals surface area (Å²) in [6.45, 7) is 8.28. The number of aryl methyl sites for hydroxylation is 2. The highest BCUT2D eigenvalue weighted by molar-refractivity contribution is 7.99. The molecule has 0 radical (unpaired) electrons. The molecule has 0 saturated heterocycles. The summed E-state index contributed by atoms with van der Waals surface area (Å²) in [6, 6.07) is 12.4. The lowest BCUT2D eigenvalue weighted by Crippen LogP contribution is -2.05. The lowest BCUT2D eigenvalue weighted by molar-refractivity contribution is 0.242. The average Bonchev–Trinajstić information content (AvgIpc) is 2.32. The average molecular weight is 287 g/mol. The minimum absolute atomic E-state index is 0.149. The van der Waals surface area contributed by atoms with Crippen molar-refractivity contribution < 1.29 is 4.74 Å². The van der Waals surface area contributed by atoms with Crippen LogP contribution in [0.1, 0.15) is 25.0 Å². The summed E-state index contributed by atoms with van der Waals surface area (Å²) >= 11 is 1.71. The molecule has 2 aromatic carbocycles. The maximum Gasteiger partial charge on any atom is 0.122 e. The van der Waals surface area contributed by atoms with Crippen LogP contribution < -0.4 is 10.5 Å². The van der Waals surface area contributed by atoms with Gasteiger partial charge in [-0.05, 0) is 63.1 Å². The molecule has 0 heterocycles. The highest BCUT2D eigenvalue weighted by Crippen LogP contribution is 2.33. The number of benzene rings is 2. The predicted octanol–water partition coefficient (Wildman–Crippen LogP) is 4.82. The zero-order valence-corrected chi connectivity index (χ0v) is 13.3. The Morgan fingerprint density at radius 1 is 0.950 bits per heavy atom. The molecule has 0 amide bonds. The van der Waals surface area contributed by atoms with Crippen LogP contribution in [0.15, 0.2) is 46.2 Å². The molecule has 2 aromatic rings. The summed E-state index contributed by atoms with van der Waals surface area (Å²) in [6.07, 6.45) is 0.149. The zero-order chi connectivity index (χ0) is 14.7. The number of hydrogen-bond donors (Lipinski definition) is 1. The molecule has 0 fully saturated rings. The van der Waals surface area contributed by atoms with Crippen molar-refractivity contribution in [3.05, 3.63) is 47.5 Å². The smallest absolute Gasteiger partial charge is 0.122 e. The van der Waals surface area contributed by atoms with Crippen LogP contribution in [0.2, 0.25) is 0 Å². The van der Waals surface area contributed by atoms with Crippen molar-refractivity contribution in [1.29, 1.82) is 0 Å². The maximum absolute atomic E-state index is 5.95. The van der Waals surface area contributed by atoms with Crippen LogP contribution in [0.3, 0.4) is 0 Å². The van der Waals surface area contributed by atoms with Crippen LogP contribution in [0.25, 0.3) is 0 Å². The molecule has 0 aromatic heterocycles. The van der Waals surface area contributed by atoms with Crippen molar-refractivity contribution in [2.45, 2.75) is 43.6 Å². The van der Waals surface area contributed by atoms with Crippen LogP contribution in [-0.2, 0) is 0 Å². The standard InChI is InChI=1S/C17H21NOS/c1-11(2)19-15-8-14(18)9-17(10-15)20-16-6-5-12(3)13(4)7-16/h5-11H,18H2,1-4H3. The van der Waals surface area contributed by atoms with Gasteiger partial charge in [0.05, 0.1) is 6.10 Å². The quantitative estimate of drug-likeness (QED) is 0.818. The normalized spacial score (nSPS) is 10.8. The summed E-state index contributed by atoms with van der Waals surface area (Å²) in [5.41, 5.74) is 9.29. The minimum Gasteiger partial charge on any atom is -0.491 e. The summed E-state index contributed by atoms with van der Waals surface area (Å²) in [5, 5.41) is 0. The first kappa shape index (κ1) is 14.8. The van der Waals surface area contributed by atoms with Gasteiger partial charge in [-0.3, -0.25) is 0 Å². The Bertz CT molecular complexity index is 608. The van der Waals surface area contributed by atoms with Gasteiger partial charge in [0.2, 0.25) is 0 Å². The highest BCUT2D eigenvalue weighted by atomic mass is 32.2. The molecule has 0 spiro atoms. The molecule has 2 rings (SSSR count). The molecule has 2 N–H and O–H groups in total. The molecule has 3 heteroatoms. The van der Waals surface area contributed by atoms with Gasteiger partial charge in [0, 0.05) is 21.5 Å². The van der Waals surface area contributed by atoms with E-state index in [1.165, 1.54) is 16.0 Å². The molecule has 0 aliphatic heterocycles. The van der Waals surface area contributed by atoms with Crippen molar-refractivity contribution in [1.82, 2.24) is 0 Å². The van der Waals surface area contributed by atoms with Crippen LogP contribution in [0, 0.1) is 13.8 Å². The van der Waals surface area contributed by atoms with Crippen LogP contribution >= 0.6 is 11.8 Å². The van der Waals surface area contributed by atoms with Crippen molar-refractivity contribution in [2.24, 2.45) is 0 Å². The fourth-order valence-electron chi connectivity index (χ4n) is 1.91. The molecule has 0 saturated carbocycles. The minimum atomic E-state index is 0.149. The largest absolute Gasteiger partial charge is 0.491 e. The molecular weight excluding hydrogens is 266 g/mol. The first-order valence-corrected chi connectivity index (χ1v) is 7.58. The summed E-state index contributed by atoms with van der Waals surface area (Å²) < 4.78 is 5.72. The summed E-state index contributed by atoms with van der Waals surface area (Å²) in [5.74, 6) is 0.825. The van der Waals surface area contributed by atoms with E-state index in [1.807, 2.05) is 32.0 Å². The second-order valence-electron chi connectivity index (χ2n) is 5.25. The summed E-state index contributed by atoms with van der Waals surface area (Å²) in [7, 11) is 0. The Kier molecular flexibility index (Phi) is 4.61. The Labute approximate surface area is 125 Å². The van der Waals surface area contributed by atoms with E-state index in [4.69, 9.17) is 10.5 Å². The third kappa shape index (κ3) is 3.94. The van der Waals surface area contributed by atoms with Crippen molar-refractivity contribution in [3.8, 4) is 5.75 Å². The van der Waals surface area contributed by atoms with Gasteiger partial charge in [-0.2, -0.15) is 0 Å². The lowest BCUT2D eigenvalue weighted by Gasteiger charge is -2.12. The predicted molar refractivity (Wildman–Crippen MR) is 86.7 cm³/mol. The molecule has 0 unspecified atom stereocenters. The van der Waals surface area contributed by atoms with Crippen LogP contribution in [0.5, 0.6) is 5.75 Å². The molecule has 20 heavy (non-hydrogen) atoms. The van der Waals surface area contributed by atoms with Crippen molar-refractivity contribution in [3.63, 3.8) is 0 Å². The third-order valence-corrected chi connectivity index (χ3v) is 3.95. The summed E-state index contributed by atoms with van der Waals surface area (Å²) in [4.78, 5) is 2.32. The molecular formula is C17H21NOS. The number of nitrogens with two attached hydrogens (primary N) is 1. The first-order chi connectivity index (χ1) is 9.44. The molecule has 0 aliphatic carbocycles. The maximum atomic E-state index is 5.95. The Balaban J connectivity index is 2.24. The number of rotatable bonds is 4. The van der Waals surface area contributed by atoms with E-state index in [-0.39, 0.29) is 6.10 Å². The van der Waals surface area contributed by atoms with E-state index in [0.29, 0.717) is 0 Å². The fraction of sp³-hybridized carbons (Fsp3) is 0.294. The van der Waals surface area contributed by atoms with E-state index in [1.54, 1.807) is 11.8 Å². The zero-order valence-electron chi connectivity index (χ0n) is 12.4. The molecule has 0 bridgehead atoms. The van der Waals surface area contributed by atoms with Gasteiger partial charge in [-0.15, -0.1) is 0 Å². The van der Waals surface area contributed by atoms with Crippen LogP contribution in [0.4, 0.5) is 5.69 Å². The number of ether oxygens (including phenoxy) is 1. The third-order valence-electron chi connectivity index (χ3n) is 2.99. The number of nitrogen functional groups attached to an aromatic ring is 1. The number of anilines is 1. The van der Waals surface area contributed by atoms with E-state index in [0.717, 1.165) is 16.3 Å². The fourth-order valence-corrected chi connectivity index (χ4v) is 2.92. The molecule has 2 nitrogen and oxygen atoms in total. The molecule has 106 valence electrons. The molecule has 0 atom stereocenters. The first-order valence-electron chi connectivity index (χ1n) is 6.76. The second-order valence-corrected chi connectivity index (χ2v) is 6.40. The van der Waals surface area contributed by atoms with Crippen molar-refractivity contribution >= 4 is 17.4 Å².